The second-order valence-electron chi connectivity index (χ2n) is 10.4. The van der Waals surface area contributed by atoms with E-state index in [0.29, 0.717) is 12.3 Å². The Morgan fingerprint density at radius 1 is 1.17 bits per heavy atom. The molecule has 0 aliphatic heterocycles. The number of nitrogens with one attached hydrogen (secondary N) is 3. The van der Waals surface area contributed by atoms with E-state index in [-0.39, 0.29) is 37.8 Å². The molecule has 0 bridgehead atoms. The number of aromatic nitrogens is 2. The highest BCUT2D eigenvalue weighted by Crippen LogP contribution is 2.22. The van der Waals surface area contributed by atoms with Crippen LogP contribution in [-0.4, -0.2) is 70.8 Å². The van der Waals surface area contributed by atoms with Crippen LogP contribution in [0.4, 0.5) is 10.5 Å². The van der Waals surface area contributed by atoms with E-state index in [0.717, 1.165) is 23.0 Å². The van der Waals surface area contributed by atoms with Crippen LogP contribution in [0.25, 0.3) is 10.9 Å². The summed E-state index contributed by atoms with van der Waals surface area (Å²) in [5, 5.41) is 15.1. The molecule has 0 aliphatic rings. The molecule has 0 spiro atoms. The normalized spacial score (nSPS) is 12.0. The van der Waals surface area contributed by atoms with Gasteiger partial charge in [-0.05, 0) is 60.4 Å². The fraction of sp³-hybridized carbons (Fsp3) is 0.400. The van der Waals surface area contributed by atoms with E-state index in [4.69, 9.17) is 9.84 Å². The van der Waals surface area contributed by atoms with Crippen molar-refractivity contribution in [1.29, 1.82) is 0 Å². The third-order valence-electron chi connectivity index (χ3n) is 6.30. The first-order chi connectivity index (χ1) is 19.6. The predicted molar refractivity (Wildman–Crippen MR) is 158 cm³/mol. The van der Waals surface area contributed by atoms with Gasteiger partial charge in [0.25, 0.3) is 5.56 Å². The third kappa shape index (κ3) is 9.07. The first kappa shape index (κ1) is 31.2. The monoisotopic (exact) mass is 565 g/mol. The molecule has 1 aromatic carbocycles. The van der Waals surface area contributed by atoms with Crippen molar-refractivity contribution >= 4 is 34.5 Å². The Kier molecular flexibility index (Phi) is 11.3. The van der Waals surface area contributed by atoms with Crippen molar-refractivity contribution in [2.45, 2.75) is 45.7 Å². The molecular formula is C30H39N5O6. The van der Waals surface area contributed by atoms with Gasteiger partial charge in [0.1, 0.15) is 18.3 Å². The number of para-hydroxylation sites is 1. The number of hydrogen-bond acceptors (Lipinski definition) is 6. The van der Waals surface area contributed by atoms with Crippen LogP contribution in [-0.2, 0) is 27.3 Å². The highest BCUT2D eigenvalue weighted by atomic mass is 16.6. The fourth-order valence-corrected chi connectivity index (χ4v) is 4.32. The number of alkyl carbamates (subject to hydrolysis) is 1. The molecule has 1 atom stereocenters. The SMILES string of the molecule is CC(C)Cc1cccc2cc(Cn3cccc(NC(=O)[C@H](CC/C=C/C(=O)N(C)C)NC(=O)OCCO)c3=O)[nH]c12. The molecule has 4 N–H and O–H groups in total. The quantitative estimate of drug-likeness (QED) is 0.235. The Balaban J connectivity index is 1.76. The summed E-state index contributed by atoms with van der Waals surface area (Å²) in [6.07, 6.45) is 5.13. The van der Waals surface area contributed by atoms with E-state index in [1.54, 1.807) is 32.4 Å². The number of hydrogen-bond donors (Lipinski definition) is 4. The van der Waals surface area contributed by atoms with Gasteiger partial charge in [0, 0.05) is 31.5 Å². The zero-order valence-electron chi connectivity index (χ0n) is 24.0. The van der Waals surface area contributed by atoms with Gasteiger partial charge >= 0.3 is 6.09 Å². The summed E-state index contributed by atoms with van der Waals surface area (Å²) in [4.78, 5) is 55.1. The Hall–Kier alpha value is -4.38. The Morgan fingerprint density at radius 3 is 2.66 bits per heavy atom. The summed E-state index contributed by atoms with van der Waals surface area (Å²) in [6.45, 7) is 4.02. The van der Waals surface area contributed by atoms with Crippen molar-refractivity contribution in [2.24, 2.45) is 5.92 Å². The van der Waals surface area contributed by atoms with Crippen LogP contribution >= 0.6 is 0 Å². The van der Waals surface area contributed by atoms with Gasteiger partial charge in [-0.15, -0.1) is 0 Å². The van der Waals surface area contributed by atoms with Crippen molar-refractivity contribution in [3.63, 3.8) is 0 Å². The number of aromatic amines is 1. The molecule has 0 saturated carbocycles. The summed E-state index contributed by atoms with van der Waals surface area (Å²) >= 11 is 0. The molecule has 0 aliphatic carbocycles. The van der Waals surface area contributed by atoms with Crippen LogP contribution in [0.3, 0.4) is 0 Å². The molecule has 0 fully saturated rings. The van der Waals surface area contributed by atoms with Crippen LogP contribution in [0.5, 0.6) is 0 Å². The van der Waals surface area contributed by atoms with E-state index in [2.05, 4.69) is 35.5 Å². The van der Waals surface area contributed by atoms with Gasteiger partial charge in [0.15, 0.2) is 0 Å². The number of fused-ring (bicyclic) bond motifs is 1. The molecule has 3 aromatic rings. The van der Waals surface area contributed by atoms with E-state index < -0.39 is 23.6 Å². The van der Waals surface area contributed by atoms with Crippen molar-refractivity contribution in [3.05, 3.63) is 76.4 Å². The minimum Gasteiger partial charge on any atom is -0.447 e. The highest BCUT2D eigenvalue weighted by molar-refractivity contribution is 5.96. The molecule has 2 heterocycles. The van der Waals surface area contributed by atoms with Gasteiger partial charge in [0.2, 0.25) is 11.8 Å². The van der Waals surface area contributed by atoms with Crippen molar-refractivity contribution in [3.8, 4) is 0 Å². The zero-order valence-corrected chi connectivity index (χ0v) is 24.0. The molecule has 11 heteroatoms. The second kappa shape index (κ2) is 14.8. The third-order valence-corrected chi connectivity index (χ3v) is 6.30. The minimum atomic E-state index is -1.05. The Morgan fingerprint density at radius 2 is 1.95 bits per heavy atom. The molecule has 0 saturated heterocycles. The molecule has 3 amide bonds. The van der Waals surface area contributed by atoms with E-state index >= 15 is 0 Å². The van der Waals surface area contributed by atoms with Gasteiger partial charge in [-0.2, -0.15) is 0 Å². The number of benzene rings is 1. The van der Waals surface area contributed by atoms with Crippen molar-refractivity contribution < 1.29 is 24.2 Å². The van der Waals surface area contributed by atoms with E-state index in [9.17, 15) is 19.2 Å². The summed E-state index contributed by atoms with van der Waals surface area (Å²) in [5.41, 5.74) is 2.78. The number of likely N-dealkylation sites (N-methyl/N-ethyl adjacent to an activating group) is 1. The molecule has 220 valence electrons. The number of carbonyl (C=O) groups excluding carboxylic acids is 3. The number of carbonyl (C=O) groups is 3. The Bertz CT molecular complexity index is 1440. The summed E-state index contributed by atoms with van der Waals surface area (Å²) in [5.74, 6) is -0.323. The number of allylic oxidation sites excluding steroid dienone is 1. The lowest BCUT2D eigenvalue weighted by atomic mass is 10.0. The number of aliphatic hydroxyl groups is 1. The predicted octanol–water partition coefficient (Wildman–Crippen LogP) is 3.03. The lowest BCUT2D eigenvalue weighted by Gasteiger charge is -2.18. The number of aliphatic hydroxyl groups excluding tert-OH is 1. The molecular weight excluding hydrogens is 526 g/mol. The topological polar surface area (TPSA) is 146 Å². The maximum Gasteiger partial charge on any atom is 0.407 e. The van der Waals surface area contributed by atoms with Crippen molar-refractivity contribution in [1.82, 2.24) is 19.8 Å². The maximum atomic E-state index is 13.3. The highest BCUT2D eigenvalue weighted by Gasteiger charge is 2.22. The van der Waals surface area contributed by atoms with Crippen molar-refractivity contribution in [2.75, 3.05) is 32.6 Å². The number of pyridine rings is 1. The Labute approximate surface area is 239 Å². The van der Waals surface area contributed by atoms with E-state index in [1.807, 2.05) is 18.2 Å². The first-order valence-corrected chi connectivity index (χ1v) is 13.6. The largest absolute Gasteiger partial charge is 0.447 e. The van der Waals surface area contributed by atoms with E-state index in [1.165, 1.54) is 27.2 Å². The summed E-state index contributed by atoms with van der Waals surface area (Å²) in [7, 11) is 3.24. The molecule has 0 unspecified atom stereocenters. The average molecular weight is 566 g/mol. The van der Waals surface area contributed by atoms with Gasteiger partial charge in [0.05, 0.1) is 13.2 Å². The van der Waals surface area contributed by atoms with Crippen LogP contribution < -0.4 is 16.2 Å². The standard InChI is InChI=1S/C30H39N5O6/c1-20(2)17-21-9-7-10-22-18-23(31-27(21)22)19-35-14-8-12-25(29(35)39)32-28(38)24(33-30(40)41-16-15-36)11-5-6-13-26(37)34(3)4/h6-10,12-14,18,20,24,31,36H,5,11,15-17,19H2,1-4H3,(H,32,38)(H,33,40)/b13-6+/t24-/m0/s1. The van der Waals surface area contributed by atoms with Crippen LogP contribution in [0.15, 0.2) is 59.5 Å². The summed E-state index contributed by atoms with van der Waals surface area (Å²) < 4.78 is 6.33. The maximum absolute atomic E-state index is 13.3. The van der Waals surface area contributed by atoms with Gasteiger partial charge in [-0.3, -0.25) is 14.4 Å². The molecule has 3 rings (SSSR count). The molecule has 11 nitrogen and oxygen atoms in total. The zero-order chi connectivity index (χ0) is 29.9. The average Bonchev–Trinajstić information content (AvgIpc) is 3.34. The lowest BCUT2D eigenvalue weighted by molar-refractivity contribution is -0.123. The number of ether oxygens (including phenoxy) is 1. The van der Waals surface area contributed by atoms with Crippen LogP contribution in [0, 0.1) is 5.92 Å². The van der Waals surface area contributed by atoms with Gasteiger partial charge in [-0.1, -0.05) is 38.1 Å². The van der Waals surface area contributed by atoms with Crippen LogP contribution in [0.2, 0.25) is 0 Å². The number of H-pyrrole nitrogens is 1. The van der Waals surface area contributed by atoms with Gasteiger partial charge in [-0.25, -0.2) is 4.79 Å². The minimum absolute atomic E-state index is 0.0583. The molecule has 41 heavy (non-hydrogen) atoms. The number of amides is 3. The number of rotatable bonds is 13. The van der Waals surface area contributed by atoms with Gasteiger partial charge < -0.3 is 34.9 Å². The smallest absolute Gasteiger partial charge is 0.407 e. The van der Waals surface area contributed by atoms with Crippen LogP contribution in [0.1, 0.15) is 37.9 Å². The molecule has 0 radical (unpaired) electrons. The second-order valence-corrected chi connectivity index (χ2v) is 10.4. The molecule has 2 aromatic heterocycles. The number of anilines is 1. The fourth-order valence-electron chi connectivity index (χ4n) is 4.32. The first-order valence-electron chi connectivity index (χ1n) is 13.6. The lowest BCUT2D eigenvalue weighted by Crippen LogP contribution is -2.45. The number of nitrogens with zero attached hydrogens (tertiary/aromatic N) is 2. The summed E-state index contributed by atoms with van der Waals surface area (Å²) in [6, 6.07) is 10.3.